The lowest BCUT2D eigenvalue weighted by atomic mass is 10.2. The molecule has 0 saturated heterocycles. The lowest BCUT2D eigenvalue weighted by Crippen LogP contribution is -1.77. The van der Waals surface area contributed by atoms with E-state index in [-0.39, 0.29) is 11.5 Å². The van der Waals surface area contributed by atoms with Crippen molar-refractivity contribution < 1.29 is 10.2 Å². The Hall–Kier alpha value is -2.96. The first-order valence-electron chi connectivity index (χ1n) is 8.97. The van der Waals surface area contributed by atoms with Crippen molar-refractivity contribution in [3.63, 3.8) is 0 Å². The highest BCUT2D eigenvalue weighted by Gasteiger charge is 2.14. The molecule has 0 saturated carbocycles. The van der Waals surface area contributed by atoms with Crippen molar-refractivity contribution in [2.24, 2.45) is 0 Å². The molecule has 0 aliphatic heterocycles. The standard InChI is InChI=1S/C20H12N2O2S2.C2H6/c23-15-7-3-1-5-11(15)19-21-13-9-14-18(10-17(13)25-19)26-20(22-14)12-6-2-4-8-16(12)24;1-2/h1-10,23-24H;1-2H3. The molecule has 2 heterocycles. The van der Waals surface area contributed by atoms with Crippen molar-refractivity contribution in [3.8, 4) is 32.6 Å². The van der Waals surface area contributed by atoms with Gasteiger partial charge in [0, 0.05) is 0 Å². The average molecular weight is 407 g/mol. The van der Waals surface area contributed by atoms with Crippen LogP contribution in [0.15, 0.2) is 60.7 Å². The number of fused-ring (bicyclic) bond motifs is 2. The van der Waals surface area contributed by atoms with Crippen LogP contribution in [0.3, 0.4) is 0 Å². The molecule has 0 bridgehead atoms. The predicted molar refractivity (Wildman–Crippen MR) is 118 cm³/mol. The molecule has 5 aromatic rings. The number of phenolic OH excluding ortho intramolecular Hbond substituents is 2. The summed E-state index contributed by atoms with van der Waals surface area (Å²) in [6, 6.07) is 18.5. The number of nitrogens with zero attached hydrogens (tertiary/aromatic N) is 2. The Kier molecular flexibility index (Phi) is 4.98. The lowest BCUT2D eigenvalue weighted by molar-refractivity contribution is 0.477. The number of hydrogen-bond acceptors (Lipinski definition) is 6. The topological polar surface area (TPSA) is 66.2 Å². The fraction of sp³-hybridized carbons (Fsp3) is 0.0909. The van der Waals surface area contributed by atoms with Crippen LogP contribution >= 0.6 is 22.7 Å². The molecule has 3 aromatic carbocycles. The van der Waals surface area contributed by atoms with E-state index in [2.05, 4.69) is 16.0 Å². The molecule has 2 aromatic heterocycles. The van der Waals surface area contributed by atoms with E-state index in [9.17, 15) is 10.2 Å². The molecule has 0 unspecified atom stereocenters. The van der Waals surface area contributed by atoms with E-state index < -0.39 is 0 Å². The van der Waals surface area contributed by atoms with Gasteiger partial charge in [-0.15, -0.1) is 22.7 Å². The van der Waals surface area contributed by atoms with Crippen LogP contribution in [0.1, 0.15) is 13.8 Å². The van der Waals surface area contributed by atoms with E-state index in [0.29, 0.717) is 0 Å². The second-order valence-electron chi connectivity index (χ2n) is 5.86. The summed E-state index contributed by atoms with van der Waals surface area (Å²) in [5.41, 5.74) is 3.18. The van der Waals surface area contributed by atoms with Crippen molar-refractivity contribution in [2.75, 3.05) is 0 Å². The number of aromatic hydroxyl groups is 2. The number of rotatable bonds is 2. The Morgan fingerprint density at radius 2 is 1.07 bits per heavy atom. The summed E-state index contributed by atoms with van der Waals surface area (Å²) >= 11 is 3.09. The number of hydrogen-bond donors (Lipinski definition) is 2. The molecule has 0 atom stereocenters. The molecule has 0 amide bonds. The summed E-state index contributed by atoms with van der Waals surface area (Å²) < 4.78 is 2.09. The molecule has 4 nitrogen and oxygen atoms in total. The molecule has 0 spiro atoms. The first kappa shape index (κ1) is 18.4. The normalized spacial score (nSPS) is 10.8. The second-order valence-corrected chi connectivity index (χ2v) is 7.92. The van der Waals surface area contributed by atoms with Gasteiger partial charge in [-0.1, -0.05) is 38.1 Å². The summed E-state index contributed by atoms with van der Waals surface area (Å²) in [7, 11) is 0. The van der Waals surface area contributed by atoms with Crippen LogP contribution in [-0.2, 0) is 0 Å². The first-order valence-corrected chi connectivity index (χ1v) is 10.6. The molecule has 0 aliphatic rings. The van der Waals surface area contributed by atoms with Crippen molar-refractivity contribution in [1.29, 1.82) is 0 Å². The molecule has 2 N–H and O–H groups in total. The molecule has 6 heteroatoms. The van der Waals surface area contributed by atoms with Gasteiger partial charge < -0.3 is 10.2 Å². The van der Waals surface area contributed by atoms with E-state index >= 15 is 0 Å². The van der Waals surface area contributed by atoms with E-state index in [1.807, 2.05) is 44.2 Å². The zero-order chi connectivity index (χ0) is 19.7. The number of aromatic nitrogens is 2. The van der Waals surface area contributed by atoms with Gasteiger partial charge in [-0.2, -0.15) is 0 Å². The highest BCUT2D eigenvalue weighted by Crippen LogP contribution is 2.40. The third kappa shape index (κ3) is 3.21. The van der Waals surface area contributed by atoms with Crippen molar-refractivity contribution in [3.05, 3.63) is 60.7 Å². The minimum Gasteiger partial charge on any atom is -0.507 e. The zero-order valence-electron chi connectivity index (χ0n) is 15.4. The summed E-state index contributed by atoms with van der Waals surface area (Å²) in [6.45, 7) is 4.00. The lowest BCUT2D eigenvalue weighted by Gasteiger charge is -1.98. The highest BCUT2D eigenvalue weighted by molar-refractivity contribution is 7.23. The predicted octanol–water partition coefficient (Wildman–Crippen LogP) is 6.68. The van der Waals surface area contributed by atoms with Crippen LogP contribution in [0.4, 0.5) is 0 Å². The van der Waals surface area contributed by atoms with Gasteiger partial charge in [0.15, 0.2) is 0 Å². The summed E-state index contributed by atoms with van der Waals surface area (Å²) in [4.78, 5) is 9.33. The molecule has 140 valence electrons. The second kappa shape index (κ2) is 7.58. The Balaban J connectivity index is 0.000000932. The molecular formula is C22H18N2O2S2. The van der Waals surface area contributed by atoms with Crippen LogP contribution in [0.2, 0.25) is 0 Å². The van der Waals surface area contributed by atoms with Gasteiger partial charge in [-0.3, -0.25) is 0 Å². The molecule has 0 radical (unpaired) electrons. The highest BCUT2D eigenvalue weighted by atomic mass is 32.1. The van der Waals surface area contributed by atoms with Crippen LogP contribution < -0.4 is 0 Å². The van der Waals surface area contributed by atoms with Crippen LogP contribution in [0.5, 0.6) is 11.5 Å². The maximum Gasteiger partial charge on any atom is 0.128 e. The maximum atomic E-state index is 10.1. The Morgan fingerprint density at radius 1 is 0.643 bits per heavy atom. The number of phenols is 2. The monoisotopic (exact) mass is 406 g/mol. The van der Waals surface area contributed by atoms with Crippen LogP contribution in [0, 0.1) is 0 Å². The SMILES string of the molecule is CC.Oc1ccccc1-c1nc2cc3nc(-c4ccccc4O)sc3cc2s1. The van der Waals surface area contributed by atoms with E-state index in [1.165, 1.54) is 0 Å². The largest absolute Gasteiger partial charge is 0.507 e. The van der Waals surface area contributed by atoms with Crippen molar-refractivity contribution in [1.82, 2.24) is 9.97 Å². The smallest absolute Gasteiger partial charge is 0.128 e. The third-order valence-electron chi connectivity index (χ3n) is 4.17. The van der Waals surface area contributed by atoms with E-state index in [0.717, 1.165) is 41.6 Å². The quantitative estimate of drug-likeness (QED) is 0.343. The Bertz CT molecular complexity index is 1130. The first-order chi connectivity index (χ1) is 13.7. The average Bonchev–Trinajstić information content (AvgIpc) is 3.31. The van der Waals surface area contributed by atoms with Gasteiger partial charge in [0.05, 0.1) is 31.6 Å². The van der Waals surface area contributed by atoms with Gasteiger partial charge in [0.1, 0.15) is 21.5 Å². The van der Waals surface area contributed by atoms with Crippen LogP contribution in [-0.4, -0.2) is 20.2 Å². The minimum absolute atomic E-state index is 0.230. The zero-order valence-corrected chi connectivity index (χ0v) is 17.0. The van der Waals surface area contributed by atoms with Crippen LogP contribution in [0.25, 0.3) is 41.6 Å². The van der Waals surface area contributed by atoms with Gasteiger partial charge in [-0.05, 0) is 36.4 Å². The number of para-hydroxylation sites is 2. The van der Waals surface area contributed by atoms with E-state index in [1.54, 1.807) is 46.9 Å². The minimum atomic E-state index is 0.230. The van der Waals surface area contributed by atoms with Crippen molar-refractivity contribution in [2.45, 2.75) is 13.8 Å². The molecular weight excluding hydrogens is 388 g/mol. The third-order valence-corrected chi connectivity index (χ3v) is 6.27. The Labute approximate surface area is 170 Å². The Morgan fingerprint density at radius 3 is 1.50 bits per heavy atom. The molecule has 0 aliphatic carbocycles. The summed E-state index contributed by atoms with van der Waals surface area (Å²) in [5, 5.41) is 21.7. The maximum absolute atomic E-state index is 10.1. The van der Waals surface area contributed by atoms with Gasteiger partial charge >= 0.3 is 0 Å². The summed E-state index contributed by atoms with van der Waals surface area (Å²) in [6.07, 6.45) is 0. The fourth-order valence-corrected chi connectivity index (χ4v) is 5.01. The number of thiazole rings is 2. The molecule has 28 heavy (non-hydrogen) atoms. The van der Waals surface area contributed by atoms with Gasteiger partial charge in [0.2, 0.25) is 0 Å². The van der Waals surface area contributed by atoms with E-state index in [4.69, 9.17) is 0 Å². The number of benzene rings is 3. The van der Waals surface area contributed by atoms with Crippen molar-refractivity contribution >= 4 is 43.1 Å². The van der Waals surface area contributed by atoms with Gasteiger partial charge in [-0.25, -0.2) is 9.97 Å². The molecule has 0 fully saturated rings. The van der Waals surface area contributed by atoms with Gasteiger partial charge in [0.25, 0.3) is 0 Å². The molecule has 5 rings (SSSR count). The fourth-order valence-electron chi connectivity index (χ4n) is 2.89. The summed E-state index contributed by atoms with van der Waals surface area (Å²) in [5.74, 6) is 0.460.